The molecule has 3 heterocycles. The Labute approximate surface area is 146 Å². The molecule has 3 rings (SSSR count). The predicted octanol–water partition coefficient (Wildman–Crippen LogP) is 1.78. The van der Waals surface area contributed by atoms with Crippen LogP contribution in [-0.4, -0.2) is 48.4 Å². The highest BCUT2D eigenvalue weighted by Gasteiger charge is 2.64. The van der Waals surface area contributed by atoms with Crippen LogP contribution in [-0.2, 0) is 33.3 Å². The van der Waals surface area contributed by atoms with E-state index in [0.717, 1.165) is 5.57 Å². The van der Waals surface area contributed by atoms with E-state index in [1.54, 1.807) is 19.9 Å². The van der Waals surface area contributed by atoms with Crippen LogP contribution in [0.2, 0.25) is 0 Å². The molecule has 0 aromatic heterocycles. The largest absolute Gasteiger partial charge is 0.454 e. The molecule has 0 saturated carbocycles. The van der Waals surface area contributed by atoms with Crippen LogP contribution >= 0.6 is 0 Å². The smallest absolute Gasteiger partial charge is 0.350 e. The maximum Gasteiger partial charge on any atom is 0.350 e. The molecule has 3 aliphatic heterocycles. The second-order valence-electron chi connectivity index (χ2n) is 6.45. The van der Waals surface area contributed by atoms with E-state index < -0.39 is 48.4 Å². The summed E-state index contributed by atoms with van der Waals surface area (Å²) in [5.41, 5.74) is 0.849. The molecule has 7 nitrogen and oxygen atoms in total. The topological polar surface area (TPSA) is 80.3 Å². The molecule has 0 aliphatic carbocycles. The minimum Gasteiger partial charge on any atom is -0.454 e. The lowest BCUT2D eigenvalue weighted by Gasteiger charge is -2.21. The van der Waals surface area contributed by atoms with Crippen LogP contribution < -0.4 is 0 Å². The molecule has 0 N–H and O–H groups in total. The van der Waals surface area contributed by atoms with E-state index in [1.807, 2.05) is 32.1 Å². The number of esters is 2. The molecule has 0 aromatic rings. The number of allylic oxidation sites excluding steroid dienone is 5. The predicted molar refractivity (Wildman–Crippen MR) is 86.2 cm³/mol. The minimum absolute atomic E-state index is 0.521. The summed E-state index contributed by atoms with van der Waals surface area (Å²) in [5.74, 6) is -2.09. The molecule has 3 aliphatic rings. The van der Waals surface area contributed by atoms with E-state index in [4.69, 9.17) is 23.7 Å². The number of hydrogen-bond acceptors (Lipinski definition) is 7. The summed E-state index contributed by atoms with van der Waals surface area (Å²) in [6.07, 6.45) is 4.77. The number of fused-ring (bicyclic) bond motifs is 3. The first-order valence-corrected chi connectivity index (χ1v) is 8.24. The summed E-state index contributed by atoms with van der Waals surface area (Å²) in [4.78, 5) is 24.1. The molecule has 25 heavy (non-hydrogen) atoms. The maximum absolute atomic E-state index is 12.0. The number of carbonyl (C=O) groups is 2. The molecule has 0 spiro atoms. The van der Waals surface area contributed by atoms with Crippen LogP contribution in [0.5, 0.6) is 0 Å². The lowest BCUT2D eigenvalue weighted by Crippen LogP contribution is -2.37. The molecular formula is C18H22O7. The second kappa shape index (κ2) is 6.74. The molecule has 0 bridgehead atoms. The van der Waals surface area contributed by atoms with Crippen molar-refractivity contribution in [3.8, 4) is 0 Å². The van der Waals surface area contributed by atoms with Gasteiger partial charge < -0.3 is 23.7 Å². The van der Waals surface area contributed by atoms with E-state index in [2.05, 4.69) is 0 Å². The van der Waals surface area contributed by atoms with Gasteiger partial charge in [0.25, 0.3) is 0 Å². The average molecular weight is 350 g/mol. The molecule has 3 saturated heterocycles. The number of ether oxygens (including phenoxy) is 5. The van der Waals surface area contributed by atoms with E-state index in [9.17, 15) is 9.59 Å². The molecule has 136 valence electrons. The standard InChI is InChI=1S/C18H22O7/c1-5-7-10(6-2)8-9-11(19)21-14-12-13(22-16(14)20)15-17(23-12)25-18(3,4)24-15/h5-9,12-15,17H,1-4H3/b7-5-,9-8+,10-6+. The zero-order chi connectivity index (χ0) is 18.2. The van der Waals surface area contributed by atoms with E-state index in [0.29, 0.717) is 0 Å². The Morgan fingerprint density at radius 2 is 1.84 bits per heavy atom. The molecule has 0 amide bonds. The summed E-state index contributed by atoms with van der Waals surface area (Å²) >= 11 is 0. The molecule has 7 heteroatoms. The van der Waals surface area contributed by atoms with Gasteiger partial charge in [0.2, 0.25) is 6.10 Å². The normalized spacial score (nSPS) is 36.7. The lowest BCUT2D eigenvalue weighted by molar-refractivity contribution is -0.216. The van der Waals surface area contributed by atoms with Crippen molar-refractivity contribution in [2.75, 3.05) is 0 Å². The van der Waals surface area contributed by atoms with Gasteiger partial charge in [-0.25, -0.2) is 9.59 Å². The highest BCUT2D eigenvalue weighted by atomic mass is 16.8. The Bertz CT molecular complexity index is 646. The Balaban J connectivity index is 1.64. The lowest BCUT2D eigenvalue weighted by atomic mass is 10.1. The Hall–Kier alpha value is -1.96. The highest BCUT2D eigenvalue weighted by Crippen LogP contribution is 2.42. The van der Waals surface area contributed by atoms with E-state index in [1.165, 1.54) is 6.08 Å². The van der Waals surface area contributed by atoms with Gasteiger partial charge in [0, 0.05) is 6.08 Å². The van der Waals surface area contributed by atoms with Crippen LogP contribution in [0.25, 0.3) is 0 Å². The van der Waals surface area contributed by atoms with Gasteiger partial charge in [-0.1, -0.05) is 18.2 Å². The van der Waals surface area contributed by atoms with Gasteiger partial charge >= 0.3 is 11.9 Å². The second-order valence-corrected chi connectivity index (χ2v) is 6.45. The number of carbonyl (C=O) groups excluding carboxylic acids is 2. The van der Waals surface area contributed by atoms with Crippen LogP contribution in [0.3, 0.4) is 0 Å². The fourth-order valence-electron chi connectivity index (χ4n) is 3.10. The van der Waals surface area contributed by atoms with Gasteiger partial charge in [-0.2, -0.15) is 0 Å². The summed E-state index contributed by atoms with van der Waals surface area (Å²) < 4.78 is 27.6. The molecule has 0 radical (unpaired) electrons. The number of rotatable bonds is 4. The van der Waals surface area contributed by atoms with Crippen molar-refractivity contribution in [1.29, 1.82) is 0 Å². The van der Waals surface area contributed by atoms with Crippen LogP contribution in [0.1, 0.15) is 27.7 Å². The average Bonchev–Trinajstić information content (AvgIpc) is 3.11. The highest BCUT2D eigenvalue weighted by molar-refractivity contribution is 5.87. The summed E-state index contributed by atoms with van der Waals surface area (Å²) in [7, 11) is 0. The van der Waals surface area contributed by atoms with Gasteiger partial charge in [-0.3, -0.25) is 0 Å². The quantitative estimate of drug-likeness (QED) is 0.434. The third kappa shape index (κ3) is 3.53. The van der Waals surface area contributed by atoms with Crippen molar-refractivity contribution in [2.24, 2.45) is 0 Å². The fraction of sp³-hybridized carbons (Fsp3) is 0.556. The molecule has 5 unspecified atom stereocenters. The third-order valence-electron chi connectivity index (χ3n) is 4.16. The van der Waals surface area contributed by atoms with Crippen molar-refractivity contribution in [3.05, 3.63) is 36.0 Å². The monoisotopic (exact) mass is 350 g/mol. The van der Waals surface area contributed by atoms with Gasteiger partial charge in [0.15, 0.2) is 24.3 Å². The summed E-state index contributed by atoms with van der Waals surface area (Å²) in [5, 5.41) is 0. The molecular weight excluding hydrogens is 328 g/mol. The Morgan fingerprint density at radius 1 is 1.08 bits per heavy atom. The molecule has 5 atom stereocenters. The first-order valence-electron chi connectivity index (χ1n) is 8.24. The molecule has 3 fully saturated rings. The molecule has 0 aromatic carbocycles. The minimum atomic E-state index is -1.13. The van der Waals surface area contributed by atoms with Crippen molar-refractivity contribution in [3.63, 3.8) is 0 Å². The van der Waals surface area contributed by atoms with Crippen LogP contribution in [0, 0.1) is 0 Å². The van der Waals surface area contributed by atoms with E-state index in [-0.39, 0.29) is 0 Å². The van der Waals surface area contributed by atoms with Crippen molar-refractivity contribution < 1.29 is 33.3 Å². The first kappa shape index (κ1) is 17.8. The third-order valence-corrected chi connectivity index (χ3v) is 4.16. The zero-order valence-corrected chi connectivity index (χ0v) is 14.6. The number of hydrogen-bond donors (Lipinski definition) is 0. The first-order chi connectivity index (χ1) is 11.8. The van der Waals surface area contributed by atoms with Gasteiger partial charge in [0.1, 0.15) is 6.10 Å². The van der Waals surface area contributed by atoms with Gasteiger partial charge in [-0.05, 0) is 39.3 Å². The SMILES string of the molecule is C\C=C/C(/C=C/C(=O)OC1C(=O)OC2C3OC(C)(C)OC3OC12)=C\C. The summed E-state index contributed by atoms with van der Waals surface area (Å²) in [6.45, 7) is 7.25. The maximum atomic E-state index is 12.0. The van der Waals surface area contributed by atoms with Crippen LogP contribution in [0.4, 0.5) is 0 Å². The van der Waals surface area contributed by atoms with Crippen molar-refractivity contribution in [2.45, 2.75) is 64.2 Å². The Morgan fingerprint density at radius 3 is 2.52 bits per heavy atom. The fourth-order valence-corrected chi connectivity index (χ4v) is 3.10. The summed E-state index contributed by atoms with van der Waals surface area (Å²) in [6, 6.07) is 0. The van der Waals surface area contributed by atoms with Gasteiger partial charge in [0.05, 0.1) is 0 Å². The Kier molecular flexibility index (Phi) is 4.81. The zero-order valence-electron chi connectivity index (χ0n) is 14.6. The van der Waals surface area contributed by atoms with Crippen molar-refractivity contribution >= 4 is 11.9 Å². The van der Waals surface area contributed by atoms with Crippen molar-refractivity contribution in [1.82, 2.24) is 0 Å². The van der Waals surface area contributed by atoms with E-state index >= 15 is 0 Å². The van der Waals surface area contributed by atoms with Gasteiger partial charge in [-0.15, -0.1) is 0 Å². The van der Waals surface area contributed by atoms with Crippen LogP contribution in [0.15, 0.2) is 36.0 Å².